The number of benzene rings is 1. The van der Waals surface area contributed by atoms with Gasteiger partial charge >= 0.3 is 6.18 Å². The van der Waals surface area contributed by atoms with E-state index in [0.717, 1.165) is 10.4 Å². The van der Waals surface area contributed by atoms with Crippen molar-refractivity contribution in [2.24, 2.45) is 4.99 Å². The minimum absolute atomic E-state index is 0.0922. The van der Waals surface area contributed by atoms with E-state index < -0.39 is 18.4 Å². The fourth-order valence-electron chi connectivity index (χ4n) is 2.47. The van der Waals surface area contributed by atoms with Gasteiger partial charge in [0.2, 0.25) is 0 Å². The number of guanidine groups is 1. The summed E-state index contributed by atoms with van der Waals surface area (Å²) >= 11 is 1.49. The van der Waals surface area contributed by atoms with Crippen LogP contribution in [-0.4, -0.2) is 36.9 Å². The summed E-state index contributed by atoms with van der Waals surface area (Å²) in [7, 11) is 0. The Balaban J connectivity index is 1.89. The van der Waals surface area contributed by atoms with Crippen LogP contribution in [0.1, 0.15) is 29.9 Å². The molecule has 5 nitrogen and oxygen atoms in total. The molecule has 160 valence electrons. The number of aliphatic imine (C=N–C) groups is 1. The molecule has 9 heteroatoms. The van der Waals surface area contributed by atoms with E-state index in [1.54, 1.807) is 31.2 Å². The van der Waals surface area contributed by atoms with Gasteiger partial charge in [-0.05, 0) is 36.4 Å². The van der Waals surface area contributed by atoms with Gasteiger partial charge in [0, 0.05) is 11.4 Å². The zero-order chi connectivity index (χ0) is 21.3. The van der Waals surface area contributed by atoms with Crippen LogP contribution in [0.4, 0.5) is 13.2 Å². The Labute approximate surface area is 172 Å². The Bertz CT molecular complexity index is 760. The van der Waals surface area contributed by atoms with Gasteiger partial charge < -0.3 is 20.5 Å². The second-order valence-electron chi connectivity index (χ2n) is 6.72. The van der Waals surface area contributed by atoms with Crippen LogP contribution in [0.2, 0.25) is 0 Å². The predicted molar refractivity (Wildman–Crippen MR) is 109 cm³/mol. The number of alkyl halides is 3. The summed E-state index contributed by atoms with van der Waals surface area (Å²) in [5.41, 5.74) is 0.563. The van der Waals surface area contributed by atoms with Crippen LogP contribution in [0.5, 0.6) is 0 Å². The molecule has 0 aliphatic carbocycles. The standard InChI is InChI=1S/C20H26F3N3O2S/c1-3-24-18(26-13-19(2,27)17-5-4-10-29-17)25-11-15-6-8-16(9-7-15)12-28-14-20(21,22)23/h4-10,27H,3,11-14H2,1-2H3,(H2,24,25,26). The first-order valence-electron chi connectivity index (χ1n) is 9.20. The molecule has 0 fully saturated rings. The number of aliphatic hydroxyl groups is 1. The van der Waals surface area contributed by atoms with Crippen LogP contribution < -0.4 is 10.6 Å². The van der Waals surface area contributed by atoms with Gasteiger partial charge in [-0.25, -0.2) is 4.99 Å². The third kappa shape index (κ3) is 8.43. The fourth-order valence-corrected chi connectivity index (χ4v) is 3.25. The zero-order valence-corrected chi connectivity index (χ0v) is 17.2. The average Bonchev–Trinajstić information content (AvgIpc) is 3.20. The smallest absolute Gasteiger partial charge is 0.383 e. The lowest BCUT2D eigenvalue weighted by molar-refractivity contribution is -0.176. The minimum Gasteiger partial charge on any atom is -0.383 e. The molecule has 2 rings (SSSR count). The molecule has 0 radical (unpaired) electrons. The second kappa shape index (κ2) is 10.6. The number of ether oxygens (including phenoxy) is 1. The molecule has 1 unspecified atom stereocenters. The predicted octanol–water partition coefficient (Wildman–Crippen LogP) is 3.79. The van der Waals surface area contributed by atoms with Crippen LogP contribution in [0.15, 0.2) is 46.8 Å². The van der Waals surface area contributed by atoms with Gasteiger partial charge in [-0.15, -0.1) is 11.3 Å². The molecule has 1 heterocycles. The van der Waals surface area contributed by atoms with Gasteiger partial charge in [0.05, 0.1) is 19.7 Å². The van der Waals surface area contributed by atoms with Gasteiger partial charge in [-0.3, -0.25) is 0 Å². The Hall–Kier alpha value is -2.10. The lowest BCUT2D eigenvalue weighted by atomic mass is 10.1. The highest BCUT2D eigenvalue weighted by Gasteiger charge is 2.27. The highest BCUT2D eigenvalue weighted by atomic mass is 32.1. The maximum Gasteiger partial charge on any atom is 0.411 e. The number of rotatable bonds is 9. The van der Waals surface area contributed by atoms with Gasteiger partial charge in [-0.1, -0.05) is 30.3 Å². The lowest BCUT2D eigenvalue weighted by Gasteiger charge is -2.23. The molecule has 1 aromatic carbocycles. The van der Waals surface area contributed by atoms with Crippen molar-refractivity contribution >= 4 is 17.3 Å². The topological polar surface area (TPSA) is 65.9 Å². The number of hydrogen-bond donors (Lipinski definition) is 3. The monoisotopic (exact) mass is 429 g/mol. The molecule has 1 atom stereocenters. The van der Waals surface area contributed by atoms with Crippen molar-refractivity contribution in [1.29, 1.82) is 0 Å². The summed E-state index contributed by atoms with van der Waals surface area (Å²) in [5, 5.41) is 18.8. The van der Waals surface area contributed by atoms with Gasteiger partial charge in [0.15, 0.2) is 5.96 Å². The Kier molecular flexibility index (Phi) is 8.48. The number of nitrogens with zero attached hydrogens (tertiary/aromatic N) is 1. The summed E-state index contributed by atoms with van der Waals surface area (Å²) in [5.74, 6) is 0.571. The molecule has 0 saturated heterocycles. The number of thiophene rings is 1. The van der Waals surface area contributed by atoms with Crippen molar-refractivity contribution in [3.8, 4) is 0 Å². The quantitative estimate of drug-likeness (QED) is 0.419. The SMILES string of the molecule is CCNC(=NCc1ccc(COCC(F)(F)F)cc1)NCC(C)(O)c1cccs1. The normalized spacial score (nSPS) is 14.5. The maximum atomic E-state index is 12.1. The van der Waals surface area contributed by atoms with E-state index in [4.69, 9.17) is 0 Å². The minimum atomic E-state index is -4.32. The summed E-state index contributed by atoms with van der Waals surface area (Å²) in [4.78, 5) is 5.36. The second-order valence-corrected chi connectivity index (χ2v) is 7.67. The maximum absolute atomic E-state index is 12.1. The molecule has 1 aromatic heterocycles. The third-order valence-electron chi connectivity index (χ3n) is 3.97. The molecule has 0 saturated carbocycles. The van der Waals surface area contributed by atoms with Gasteiger partial charge in [-0.2, -0.15) is 13.2 Å². The Morgan fingerprint density at radius 3 is 2.41 bits per heavy atom. The van der Waals surface area contributed by atoms with Crippen molar-refractivity contribution in [3.05, 3.63) is 57.8 Å². The zero-order valence-electron chi connectivity index (χ0n) is 16.4. The summed E-state index contributed by atoms with van der Waals surface area (Å²) in [6, 6.07) is 10.8. The molecular formula is C20H26F3N3O2S. The first-order valence-corrected chi connectivity index (χ1v) is 10.1. The Morgan fingerprint density at radius 2 is 1.83 bits per heavy atom. The highest BCUT2D eigenvalue weighted by Crippen LogP contribution is 2.24. The molecular weight excluding hydrogens is 403 g/mol. The summed E-state index contributed by atoms with van der Waals surface area (Å²) < 4.78 is 41.0. The number of hydrogen-bond acceptors (Lipinski definition) is 4. The first kappa shape index (κ1) is 23.2. The number of halogens is 3. The van der Waals surface area contributed by atoms with Crippen LogP contribution in [0.3, 0.4) is 0 Å². The highest BCUT2D eigenvalue weighted by molar-refractivity contribution is 7.10. The summed E-state index contributed by atoms with van der Waals surface area (Å²) in [6.45, 7) is 3.70. The van der Waals surface area contributed by atoms with Crippen molar-refractivity contribution in [2.45, 2.75) is 38.8 Å². The fraction of sp³-hybridized carbons (Fsp3) is 0.450. The Morgan fingerprint density at radius 1 is 1.14 bits per heavy atom. The molecule has 0 aliphatic heterocycles. The van der Waals surface area contributed by atoms with Crippen molar-refractivity contribution in [1.82, 2.24) is 10.6 Å². The van der Waals surface area contributed by atoms with Crippen molar-refractivity contribution in [2.75, 3.05) is 19.7 Å². The van der Waals surface area contributed by atoms with E-state index >= 15 is 0 Å². The van der Waals surface area contributed by atoms with Crippen LogP contribution in [0.25, 0.3) is 0 Å². The van der Waals surface area contributed by atoms with Gasteiger partial charge in [0.25, 0.3) is 0 Å². The molecule has 2 aromatic rings. The van der Waals surface area contributed by atoms with E-state index in [1.165, 1.54) is 11.3 Å². The van der Waals surface area contributed by atoms with E-state index in [2.05, 4.69) is 20.4 Å². The van der Waals surface area contributed by atoms with E-state index in [1.807, 2.05) is 24.4 Å². The molecule has 3 N–H and O–H groups in total. The lowest BCUT2D eigenvalue weighted by Crippen LogP contribution is -2.44. The van der Waals surface area contributed by atoms with E-state index in [0.29, 0.717) is 31.2 Å². The van der Waals surface area contributed by atoms with Crippen molar-refractivity contribution < 1.29 is 23.0 Å². The van der Waals surface area contributed by atoms with E-state index in [9.17, 15) is 18.3 Å². The largest absolute Gasteiger partial charge is 0.411 e. The molecule has 0 spiro atoms. The van der Waals surface area contributed by atoms with E-state index in [-0.39, 0.29) is 6.61 Å². The van der Waals surface area contributed by atoms with Gasteiger partial charge in [0.1, 0.15) is 12.2 Å². The molecule has 29 heavy (non-hydrogen) atoms. The van der Waals surface area contributed by atoms with Crippen LogP contribution in [0, 0.1) is 0 Å². The number of nitrogens with one attached hydrogen (secondary N) is 2. The van der Waals surface area contributed by atoms with Crippen LogP contribution in [-0.2, 0) is 23.5 Å². The van der Waals surface area contributed by atoms with Crippen LogP contribution >= 0.6 is 11.3 Å². The summed E-state index contributed by atoms with van der Waals surface area (Å²) in [6.07, 6.45) is -4.32. The molecule has 0 aliphatic rings. The average molecular weight is 430 g/mol. The first-order chi connectivity index (χ1) is 13.7. The molecule has 0 amide bonds. The third-order valence-corrected chi connectivity index (χ3v) is 5.10. The molecule has 0 bridgehead atoms. The van der Waals surface area contributed by atoms with Crippen molar-refractivity contribution in [3.63, 3.8) is 0 Å².